The monoisotopic (exact) mass is 216 g/mol. The smallest absolute Gasteiger partial charge is 0.126 e. The lowest BCUT2D eigenvalue weighted by atomic mass is 10.1. The molecule has 3 rings (SSSR count). The van der Waals surface area contributed by atoms with Crippen LogP contribution in [0.1, 0.15) is 37.4 Å². The Kier molecular flexibility index (Phi) is 2.58. The molecule has 1 atom stereocenters. The summed E-state index contributed by atoms with van der Waals surface area (Å²) in [7, 11) is 0. The van der Waals surface area contributed by atoms with Crippen molar-refractivity contribution in [3.8, 4) is 0 Å². The van der Waals surface area contributed by atoms with E-state index in [-0.39, 0.29) is 0 Å². The lowest BCUT2D eigenvalue weighted by Gasteiger charge is -2.12. The van der Waals surface area contributed by atoms with Gasteiger partial charge in [-0.25, -0.2) is 4.98 Å². The molecule has 2 aliphatic carbocycles. The normalized spacial score (nSPS) is 20.6. The molecule has 16 heavy (non-hydrogen) atoms. The molecule has 0 amide bonds. The highest BCUT2D eigenvalue weighted by Gasteiger charge is 2.27. The largest absolute Gasteiger partial charge is 0.370 e. The predicted molar refractivity (Wildman–Crippen MR) is 66.6 cm³/mol. The molecule has 0 aliphatic heterocycles. The molecule has 0 aromatic carbocycles. The van der Waals surface area contributed by atoms with Gasteiger partial charge >= 0.3 is 0 Å². The van der Waals surface area contributed by atoms with Gasteiger partial charge in [-0.15, -0.1) is 0 Å². The second-order valence-electron chi connectivity index (χ2n) is 5.35. The first-order valence-corrected chi connectivity index (χ1v) is 6.55. The van der Waals surface area contributed by atoms with Gasteiger partial charge in [-0.05, 0) is 55.6 Å². The van der Waals surface area contributed by atoms with E-state index in [2.05, 4.69) is 24.4 Å². The van der Waals surface area contributed by atoms with Gasteiger partial charge < -0.3 is 5.32 Å². The summed E-state index contributed by atoms with van der Waals surface area (Å²) in [4.78, 5) is 4.69. The minimum atomic E-state index is 0.801. The molecule has 2 aliphatic rings. The van der Waals surface area contributed by atoms with Crippen LogP contribution in [0.15, 0.2) is 12.1 Å². The Morgan fingerprint density at radius 1 is 1.38 bits per heavy atom. The van der Waals surface area contributed by atoms with Crippen LogP contribution < -0.4 is 5.32 Å². The standard InChI is InChI=1S/C14H20N2/c1-10(11-5-6-11)9-15-14-8-7-12-3-2-4-13(12)16-14/h7-8,10-11H,2-6,9H2,1H3,(H,15,16). The van der Waals surface area contributed by atoms with Gasteiger partial charge in [0.25, 0.3) is 0 Å². The number of nitrogens with zero attached hydrogens (tertiary/aromatic N) is 1. The summed E-state index contributed by atoms with van der Waals surface area (Å²) in [5.41, 5.74) is 2.78. The number of hydrogen-bond acceptors (Lipinski definition) is 2. The number of nitrogens with one attached hydrogen (secondary N) is 1. The van der Waals surface area contributed by atoms with Crippen LogP contribution in [0.5, 0.6) is 0 Å². The van der Waals surface area contributed by atoms with E-state index in [4.69, 9.17) is 4.98 Å². The third kappa shape index (κ3) is 2.06. The molecule has 1 fully saturated rings. The molecule has 0 spiro atoms. The first-order chi connectivity index (χ1) is 7.83. The van der Waals surface area contributed by atoms with E-state index >= 15 is 0 Å². The zero-order valence-electron chi connectivity index (χ0n) is 10.00. The van der Waals surface area contributed by atoms with Crippen molar-refractivity contribution in [1.29, 1.82) is 0 Å². The fourth-order valence-electron chi connectivity index (χ4n) is 2.62. The number of fused-ring (bicyclic) bond motifs is 1. The average molecular weight is 216 g/mol. The van der Waals surface area contributed by atoms with E-state index in [1.165, 1.54) is 43.4 Å². The van der Waals surface area contributed by atoms with Crippen LogP contribution in [0.4, 0.5) is 5.82 Å². The van der Waals surface area contributed by atoms with E-state index in [1.807, 2.05) is 0 Å². The van der Waals surface area contributed by atoms with E-state index in [0.717, 1.165) is 24.2 Å². The fraction of sp³-hybridized carbons (Fsp3) is 0.643. The first-order valence-electron chi connectivity index (χ1n) is 6.55. The van der Waals surface area contributed by atoms with Crippen LogP contribution in [-0.4, -0.2) is 11.5 Å². The molecule has 0 bridgehead atoms. The number of hydrogen-bond donors (Lipinski definition) is 1. The highest BCUT2D eigenvalue weighted by Crippen LogP contribution is 2.36. The molecule has 1 N–H and O–H groups in total. The molecule has 1 unspecified atom stereocenters. The van der Waals surface area contributed by atoms with Crippen LogP contribution in [0, 0.1) is 11.8 Å². The number of pyridine rings is 1. The van der Waals surface area contributed by atoms with Crippen LogP contribution >= 0.6 is 0 Å². The van der Waals surface area contributed by atoms with Crippen molar-refractivity contribution in [3.63, 3.8) is 0 Å². The molecule has 0 saturated heterocycles. The van der Waals surface area contributed by atoms with Crippen molar-refractivity contribution < 1.29 is 0 Å². The molecule has 1 heterocycles. The van der Waals surface area contributed by atoms with Crippen LogP contribution in [-0.2, 0) is 12.8 Å². The van der Waals surface area contributed by atoms with E-state index in [0.29, 0.717) is 0 Å². The Morgan fingerprint density at radius 2 is 2.25 bits per heavy atom. The first kappa shape index (κ1) is 10.1. The van der Waals surface area contributed by atoms with Gasteiger partial charge in [-0.3, -0.25) is 0 Å². The summed E-state index contributed by atoms with van der Waals surface area (Å²) in [5, 5.41) is 3.48. The molecule has 1 saturated carbocycles. The second-order valence-corrected chi connectivity index (χ2v) is 5.35. The molecule has 2 nitrogen and oxygen atoms in total. The molecule has 1 aromatic heterocycles. The topological polar surface area (TPSA) is 24.9 Å². The van der Waals surface area contributed by atoms with E-state index in [9.17, 15) is 0 Å². The number of rotatable bonds is 4. The number of anilines is 1. The van der Waals surface area contributed by atoms with Crippen LogP contribution in [0.3, 0.4) is 0 Å². The summed E-state index contributed by atoms with van der Waals surface area (Å²) in [6.45, 7) is 3.43. The minimum Gasteiger partial charge on any atom is -0.370 e. The Hall–Kier alpha value is -1.05. The van der Waals surface area contributed by atoms with Crippen molar-refractivity contribution in [2.24, 2.45) is 11.8 Å². The number of aromatic nitrogens is 1. The zero-order valence-corrected chi connectivity index (χ0v) is 10.00. The predicted octanol–water partition coefficient (Wildman–Crippen LogP) is 3.03. The van der Waals surface area contributed by atoms with Gasteiger partial charge in [-0.2, -0.15) is 0 Å². The molecule has 1 aromatic rings. The fourth-order valence-corrected chi connectivity index (χ4v) is 2.62. The quantitative estimate of drug-likeness (QED) is 0.836. The van der Waals surface area contributed by atoms with Gasteiger partial charge in [-0.1, -0.05) is 13.0 Å². The van der Waals surface area contributed by atoms with Crippen molar-refractivity contribution in [2.75, 3.05) is 11.9 Å². The molecule has 86 valence electrons. The molecular weight excluding hydrogens is 196 g/mol. The van der Waals surface area contributed by atoms with Crippen molar-refractivity contribution >= 4 is 5.82 Å². The van der Waals surface area contributed by atoms with Crippen LogP contribution in [0.2, 0.25) is 0 Å². The summed E-state index contributed by atoms with van der Waals surface area (Å²) in [6.07, 6.45) is 6.54. The maximum Gasteiger partial charge on any atom is 0.126 e. The van der Waals surface area contributed by atoms with Crippen LogP contribution in [0.25, 0.3) is 0 Å². The van der Waals surface area contributed by atoms with E-state index in [1.54, 1.807) is 0 Å². The zero-order chi connectivity index (χ0) is 11.0. The summed E-state index contributed by atoms with van der Waals surface area (Å²) >= 11 is 0. The third-order valence-corrected chi connectivity index (χ3v) is 3.96. The van der Waals surface area contributed by atoms with Gasteiger partial charge in [0, 0.05) is 12.2 Å². The minimum absolute atomic E-state index is 0.801. The Morgan fingerprint density at radius 3 is 3.06 bits per heavy atom. The van der Waals surface area contributed by atoms with Crippen molar-refractivity contribution in [2.45, 2.75) is 39.0 Å². The van der Waals surface area contributed by atoms with Crippen molar-refractivity contribution in [3.05, 3.63) is 23.4 Å². The summed E-state index contributed by atoms with van der Waals surface area (Å²) < 4.78 is 0. The highest BCUT2D eigenvalue weighted by molar-refractivity contribution is 5.40. The third-order valence-electron chi connectivity index (χ3n) is 3.96. The van der Waals surface area contributed by atoms with E-state index < -0.39 is 0 Å². The molecule has 2 heteroatoms. The van der Waals surface area contributed by atoms with Gasteiger partial charge in [0.05, 0.1) is 0 Å². The molecule has 0 radical (unpaired) electrons. The lowest BCUT2D eigenvalue weighted by molar-refractivity contribution is 0.536. The summed E-state index contributed by atoms with van der Waals surface area (Å²) in [5.74, 6) is 2.85. The Labute approximate surface area is 97.5 Å². The highest BCUT2D eigenvalue weighted by atomic mass is 15.0. The maximum atomic E-state index is 4.69. The number of aryl methyl sites for hydroxylation is 2. The Bertz CT molecular complexity index is 382. The maximum absolute atomic E-state index is 4.69. The SMILES string of the molecule is CC(CNc1ccc2c(n1)CCC2)C1CC1. The summed E-state index contributed by atoms with van der Waals surface area (Å²) in [6, 6.07) is 4.39. The second kappa shape index (κ2) is 4.08. The van der Waals surface area contributed by atoms with Gasteiger partial charge in [0.1, 0.15) is 5.82 Å². The lowest BCUT2D eigenvalue weighted by Crippen LogP contribution is -2.14. The van der Waals surface area contributed by atoms with Gasteiger partial charge in [0.2, 0.25) is 0 Å². The molecular formula is C14H20N2. The van der Waals surface area contributed by atoms with Crippen molar-refractivity contribution in [1.82, 2.24) is 4.98 Å². The average Bonchev–Trinajstić information content (AvgIpc) is 3.04. The Balaban J connectivity index is 1.61. The van der Waals surface area contributed by atoms with Gasteiger partial charge in [0.15, 0.2) is 0 Å².